The third-order valence-electron chi connectivity index (χ3n) is 2.20. The van der Waals surface area contributed by atoms with Crippen LogP contribution in [0.1, 0.15) is 11.1 Å². The molecule has 1 heterocycles. The number of ether oxygens (including phenoxy) is 1. The van der Waals surface area contributed by atoms with Gasteiger partial charge >= 0.3 is 0 Å². The summed E-state index contributed by atoms with van der Waals surface area (Å²) in [5.74, 6) is 0.805. The van der Waals surface area contributed by atoms with Gasteiger partial charge in [-0.05, 0) is 17.7 Å². The molecule has 0 spiro atoms. The number of hydrogen-bond donors (Lipinski definition) is 1. The molecule has 0 atom stereocenters. The molecule has 0 bridgehead atoms. The maximum Gasteiger partial charge on any atom is 0.283 e. The summed E-state index contributed by atoms with van der Waals surface area (Å²) in [5, 5.41) is 2.26. The molecular formula is C11H11NO3. The van der Waals surface area contributed by atoms with Gasteiger partial charge in [0.25, 0.3) is 5.56 Å². The van der Waals surface area contributed by atoms with E-state index >= 15 is 0 Å². The van der Waals surface area contributed by atoms with E-state index in [-0.39, 0.29) is 5.56 Å². The second kappa shape index (κ2) is 4.04. The van der Waals surface area contributed by atoms with Crippen LogP contribution < -0.4 is 10.3 Å². The van der Waals surface area contributed by atoms with E-state index < -0.39 is 0 Å². The van der Waals surface area contributed by atoms with Gasteiger partial charge in [-0.3, -0.25) is 4.79 Å². The highest BCUT2D eigenvalue weighted by atomic mass is 16.5. The molecule has 4 nitrogen and oxygen atoms in total. The van der Waals surface area contributed by atoms with E-state index in [2.05, 4.69) is 5.16 Å². The molecule has 0 saturated heterocycles. The van der Waals surface area contributed by atoms with E-state index in [1.807, 2.05) is 24.3 Å². The number of hydrogen-bond acceptors (Lipinski definition) is 3. The van der Waals surface area contributed by atoms with Gasteiger partial charge in [-0.1, -0.05) is 12.1 Å². The van der Waals surface area contributed by atoms with Gasteiger partial charge in [0.15, 0.2) is 0 Å². The van der Waals surface area contributed by atoms with Crippen LogP contribution in [0.5, 0.6) is 5.75 Å². The molecule has 0 aliphatic rings. The van der Waals surface area contributed by atoms with Crippen LogP contribution in [0.3, 0.4) is 0 Å². The number of rotatable bonds is 3. The van der Waals surface area contributed by atoms with Crippen molar-refractivity contribution in [3.8, 4) is 5.75 Å². The van der Waals surface area contributed by atoms with Gasteiger partial charge in [0.1, 0.15) is 12.0 Å². The first-order valence-corrected chi connectivity index (χ1v) is 4.57. The minimum atomic E-state index is -0.175. The molecule has 0 unspecified atom stereocenters. The summed E-state index contributed by atoms with van der Waals surface area (Å²) in [6, 6.07) is 7.57. The highest BCUT2D eigenvalue weighted by Crippen LogP contribution is 2.13. The number of methoxy groups -OCH3 is 1. The maximum absolute atomic E-state index is 11.2. The lowest BCUT2D eigenvalue weighted by molar-refractivity contribution is 0.413. The van der Waals surface area contributed by atoms with E-state index in [1.165, 1.54) is 6.26 Å². The normalized spacial score (nSPS) is 10.2. The van der Waals surface area contributed by atoms with Crippen LogP contribution in [-0.2, 0) is 6.42 Å². The Labute approximate surface area is 86.5 Å². The fraction of sp³-hybridized carbons (Fsp3) is 0.182. The zero-order valence-corrected chi connectivity index (χ0v) is 8.32. The van der Waals surface area contributed by atoms with Crippen LogP contribution in [0.15, 0.2) is 39.8 Å². The summed E-state index contributed by atoms with van der Waals surface area (Å²) in [5.41, 5.74) is 1.49. The van der Waals surface area contributed by atoms with Crippen LogP contribution in [0.4, 0.5) is 0 Å². The molecule has 0 amide bonds. The van der Waals surface area contributed by atoms with Crippen molar-refractivity contribution in [3.63, 3.8) is 0 Å². The molecule has 78 valence electrons. The number of nitrogens with one attached hydrogen (secondary N) is 1. The second-order valence-corrected chi connectivity index (χ2v) is 3.22. The molecule has 0 aliphatic carbocycles. The Balaban J connectivity index is 2.18. The van der Waals surface area contributed by atoms with Crippen molar-refractivity contribution in [1.82, 2.24) is 5.16 Å². The van der Waals surface area contributed by atoms with Gasteiger partial charge in [-0.2, -0.15) is 5.16 Å². The van der Waals surface area contributed by atoms with Gasteiger partial charge in [0.05, 0.1) is 12.7 Å². The van der Waals surface area contributed by atoms with Crippen LogP contribution in [-0.4, -0.2) is 12.3 Å². The minimum absolute atomic E-state index is 0.175. The second-order valence-electron chi connectivity index (χ2n) is 3.22. The molecule has 1 aromatic heterocycles. The number of aromatic nitrogens is 1. The third-order valence-corrected chi connectivity index (χ3v) is 2.20. The predicted octanol–water partition coefficient (Wildman–Crippen LogP) is 1.57. The smallest absolute Gasteiger partial charge is 0.283 e. The summed E-state index contributed by atoms with van der Waals surface area (Å²) in [6.07, 6.45) is 2.00. The van der Waals surface area contributed by atoms with Crippen LogP contribution >= 0.6 is 0 Å². The quantitative estimate of drug-likeness (QED) is 0.827. The zero-order chi connectivity index (χ0) is 10.7. The third kappa shape index (κ3) is 2.10. The lowest BCUT2D eigenvalue weighted by Crippen LogP contribution is -2.05. The highest BCUT2D eigenvalue weighted by Gasteiger charge is 2.03. The molecule has 4 heteroatoms. The molecule has 0 saturated carbocycles. The largest absolute Gasteiger partial charge is 0.497 e. The van der Waals surface area contributed by atoms with Crippen molar-refractivity contribution in [3.05, 3.63) is 52.0 Å². The fourth-order valence-corrected chi connectivity index (χ4v) is 1.36. The van der Waals surface area contributed by atoms with E-state index in [1.54, 1.807) is 7.11 Å². The Morgan fingerprint density at radius 1 is 1.33 bits per heavy atom. The molecule has 0 radical (unpaired) electrons. The van der Waals surface area contributed by atoms with Crippen molar-refractivity contribution in [1.29, 1.82) is 0 Å². The average molecular weight is 205 g/mol. The summed E-state index contributed by atoms with van der Waals surface area (Å²) < 4.78 is 9.74. The van der Waals surface area contributed by atoms with E-state index in [4.69, 9.17) is 9.26 Å². The first-order chi connectivity index (χ1) is 7.29. The number of benzene rings is 1. The Morgan fingerprint density at radius 3 is 2.60 bits per heavy atom. The molecule has 2 rings (SSSR count). The van der Waals surface area contributed by atoms with Gasteiger partial charge in [0, 0.05) is 6.42 Å². The van der Waals surface area contributed by atoms with Gasteiger partial charge in [-0.25, -0.2) is 0 Å². The van der Waals surface area contributed by atoms with Crippen LogP contribution in [0, 0.1) is 0 Å². The van der Waals surface area contributed by atoms with Crippen molar-refractivity contribution in [2.24, 2.45) is 0 Å². The predicted molar refractivity (Wildman–Crippen MR) is 55.1 cm³/mol. The lowest BCUT2D eigenvalue weighted by atomic mass is 10.1. The van der Waals surface area contributed by atoms with Crippen molar-refractivity contribution in [2.45, 2.75) is 6.42 Å². The lowest BCUT2D eigenvalue weighted by Gasteiger charge is -2.00. The van der Waals surface area contributed by atoms with Crippen molar-refractivity contribution >= 4 is 0 Å². The molecule has 0 aliphatic heterocycles. The Kier molecular flexibility index (Phi) is 2.58. The molecule has 1 aromatic carbocycles. The number of aromatic amines is 1. The van der Waals surface area contributed by atoms with Gasteiger partial charge < -0.3 is 9.26 Å². The van der Waals surface area contributed by atoms with Crippen LogP contribution in [0.25, 0.3) is 0 Å². The topological polar surface area (TPSA) is 55.2 Å². The summed E-state index contributed by atoms with van der Waals surface area (Å²) in [6.45, 7) is 0. The SMILES string of the molecule is COc1ccc(Cc2co[nH]c2=O)cc1. The standard InChI is InChI=1S/C11H11NO3/c1-14-10-4-2-8(3-5-10)6-9-7-15-12-11(9)13/h2-5,7H,6H2,1H3,(H,12,13). The zero-order valence-electron chi connectivity index (χ0n) is 8.32. The van der Waals surface area contributed by atoms with Crippen LogP contribution in [0.2, 0.25) is 0 Å². The Hall–Kier alpha value is -1.97. The summed E-state index contributed by atoms with van der Waals surface area (Å²) in [4.78, 5) is 11.2. The molecule has 15 heavy (non-hydrogen) atoms. The maximum atomic E-state index is 11.2. The fourth-order valence-electron chi connectivity index (χ4n) is 1.36. The first kappa shape index (κ1) is 9.58. The van der Waals surface area contributed by atoms with E-state index in [0.29, 0.717) is 12.0 Å². The Bertz CT molecular complexity index is 481. The minimum Gasteiger partial charge on any atom is -0.497 e. The monoisotopic (exact) mass is 205 g/mol. The van der Waals surface area contributed by atoms with Crippen molar-refractivity contribution in [2.75, 3.05) is 7.11 Å². The summed E-state index contributed by atoms with van der Waals surface area (Å²) >= 11 is 0. The van der Waals surface area contributed by atoms with Crippen molar-refractivity contribution < 1.29 is 9.26 Å². The molecule has 0 fully saturated rings. The molecule has 1 N–H and O–H groups in total. The van der Waals surface area contributed by atoms with Gasteiger partial charge in [-0.15, -0.1) is 0 Å². The highest BCUT2D eigenvalue weighted by molar-refractivity contribution is 5.29. The first-order valence-electron chi connectivity index (χ1n) is 4.57. The summed E-state index contributed by atoms with van der Waals surface area (Å²) in [7, 11) is 1.62. The number of H-pyrrole nitrogens is 1. The molecular weight excluding hydrogens is 194 g/mol. The van der Waals surface area contributed by atoms with Gasteiger partial charge in [0.2, 0.25) is 0 Å². The average Bonchev–Trinajstić information content (AvgIpc) is 2.66. The molecule has 2 aromatic rings. The van der Waals surface area contributed by atoms with E-state index in [9.17, 15) is 4.79 Å². The Morgan fingerprint density at radius 2 is 2.07 bits per heavy atom. The van der Waals surface area contributed by atoms with E-state index in [0.717, 1.165) is 11.3 Å².